The lowest BCUT2D eigenvalue weighted by Gasteiger charge is -2.19. The average molecular weight is 234 g/mol. The van der Waals surface area contributed by atoms with Crippen LogP contribution in [0.2, 0.25) is 0 Å². The largest absolute Gasteiger partial charge is 0.392 e. The van der Waals surface area contributed by atoms with Gasteiger partial charge in [0.15, 0.2) is 0 Å². The quantitative estimate of drug-likeness (QED) is 0.840. The van der Waals surface area contributed by atoms with Crippen LogP contribution >= 0.6 is 0 Å². The van der Waals surface area contributed by atoms with Crippen LogP contribution in [0.25, 0.3) is 0 Å². The maximum atomic E-state index is 9.30. The van der Waals surface area contributed by atoms with E-state index < -0.39 is 0 Å². The number of aliphatic hydroxyl groups is 1. The first-order chi connectivity index (χ1) is 8.29. The summed E-state index contributed by atoms with van der Waals surface area (Å²) in [6, 6.07) is 8.56. The Morgan fingerprint density at radius 3 is 2.94 bits per heavy atom. The second kappa shape index (κ2) is 6.03. The van der Waals surface area contributed by atoms with Crippen LogP contribution in [0.3, 0.4) is 0 Å². The van der Waals surface area contributed by atoms with Crippen LogP contribution in [0, 0.1) is 0 Å². The van der Waals surface area contributed by atoms with Gasteiger partial charge in [-0.15, -0.1) is 0 Å². The van der Waals surface area contributed by atoms with Gasteiger partial charge in [0, 0.05) is 17.3 Å². The fourth-order valence-corrected chi connectivity index (χ4v) is 2.40. The second-order valence-electron chi connectivity index (χ2n) is 4.89. The summed E-state index contributed by atoms with van der Waals surface area (Å²) in [7, 11) is 2.18. The van der Waals surface area contributed by atoms with Crippen LogP contribution in [0.1, 0.15) is 24.8 Å². The lowest BCUT2D eigenvalue weighted by atomic mass is 10.1. The van der Waals surface area contributed by atoms with E-state index in [2.05, 4.69) is 23.3 Å². The van der Waals surface area contributed by atoms with E-state index in [4.69, 9.17) is 0 Å². The number of rotatable bonds is 3. The van der Waals surface area contributed by atoms with Gasteiger partial charge in [-0.05, 0) is 45.5 Å². The molecule has 1 heterocycles. The van der Waals surface area contributed by atoms with Crippen molar-refractivity contribution in [3.8, 4) is 0 Å². The van der Waals surface area contributed by atoms with Gasteiger partial charge >= 0.3 is 0 Å². The van der Waals surface area contributed by atoms with Gasteiger partial charge < -0.3 is 15.3 Å². The molecule has 1 aliphatic heterocycles. The first-order valence-electron chi connectivity index (χ1n) is 6.43. The van der Waals surface area contributed by atoms with E-state index in [1.54, 1.807) is 0 Å². The van der Waals surface area contributed by atoms with Gasteiger partial charge in [-0.25, -0.2) is 0 Å². The molecule has 1 aromatic rings. The van der Waals surface area contributed by atoms with Gasteiger partial charge in [0.05, 0.1) is 6.61 Å². The van der Waals surface area contributed by atoms with E-state index in [-0.39, 0.29) is 6.61 Å². The number of likely N-dealkylation sites (tertiary alicyclic amines) is 1. The SMILES string of the molecule is CN1CCCC(Nc2ccccc2CO)CC1. The fourth-order valence-electron chi connectivity index (χ4n) is 2.40. The molecule has 0 radical (unpaired) electrons. The molecule has 2 rings (SSSR count). The Morgan fingerprint density at radius 1 is 1.29 bits per heavy atom. The van der Waals surface area contributed by atoms with Crippen LogP contribution in [0.15, 0.2) is 24.3 Å². The van der Waals surface area contributed by atoms with Crippen molar-refractivity contribution in [3.63, 3.8) is 0 Å². The first kappa shape index (κ1) is 12.4. The summed E-state index contributed by atoms with van der Waals surface area (Å²) in [5, 5.41) is 12.9. The molecule has 1 saturated heterocycles. The molecule has 0 saturated carbocycles. The third kappa shape index (κ3) is 3.45. The van der Waals surface area contributed by atoms with Crippen molar-refractivity contribution >= 4 is 5.69 Å². The van der Waals surface area contributed by atoms with Crippen LogP contribution in [-0.2, 0) is 6.61 Å². The zero-order valence-corrected chi connectivity index (χ0v) is 10.5. The topological polar surface area (TPSA) is 35.5 Å². The Balaban J connectivity index is 1.99. The smallest absolute Gasteiger partial charge is 0.0701 e. The van der Waals surface area contributed by atoms with Crippen molar-refractivity contribution in [1.82, 2.24) is 4.90 Å². The fraction of sp³-hybridized carbons (Fsp3) is 0.571. The van der Waals surface area contributed by atoms with Crippen molar-refractivity contribution in [2.45, 2.75) is 31.9 Å². The lowest BCUT2D eigenvalue weighted by Crippen LogP contribution is -2.23. The molecule has 0 bridgehead atoms. The van der Waals surface area contributed by atoms with Gasteiger partial charge in [0.25, 0.3) is 0 Å². The number of aliphatic hydroxyl groups excluding tert-OH is 1. The van der Waals surface area contributed by atoms with Crippen molar-refractivity contribution in [1.29, 1.82) is 0 Å². The molecule has 1 atom stereocenters. The molecule has 1 aliphatic rings. The van der Waals surface area contributed by atoms with Crippen molar-refractivity contribution in [3.05, 3.63) is 29.8 Å². The van der Waals surface area contributed by atoms with E-state index in [9.17, 15) is 5.11 Å². The summed E-state index contributed by atoms with van der Waals surface area (Å²) in [6.45, 7) is 2.45. The van der Waals surface area contributed by atoms with Crippen molar-refractivity contribution in [2.75, 3.05) is 25.5 Å². The molecule has 2 N–H and O–H groups in total. The number of nitrogens with one attached hydrogen (secondary N) is 1. The summed E-state index contributed by atoms with van der Waals surface area (Å²) in [5.74, 6) is 0. The number of benzene rings is 1. The predicted octanol–water partition coefficient (Wildman–Crippen LogP) is 2.08. The summed E-state index contributed by atoms with van der Waals surface area (Å²) in [5.41, 5.74) is 2.08. The third-order valence-electron chi connectivity index (χ3n) is 3.50. The van der Waals surface area contributed by atoms with Crippen molar-refractivity contribution < 1.29 is 5.11 Å². The molecule has 3 nitrogen and oxygen atoms in total. The minimum absolute atomic E-state index is 0.107. The normalized spacial score (nSPS) is 22.1. The van der Waals surface area contributed by atoms with E-state index >= 15 is 0 Å². The lowest BCUT2D eigenvalue weighted by molar-refractivity contribution is 0.282. The molecule has 3 heteroatoms. The summed E-state index contributed by atoms with van der Waals surface area (Å²) >= 11 is 0. The van der Waals surface area contributed by atoms with E-state index in [1.165, 1.54) is 25.8 Å². The maximum absolute atomic E-state index is 9.30. The van der Waals surface area contributed by atoms with Crippen molar-refractivity contribution in [2.24, 2.45) is 0 Å². The van der Waals surface area contributed by atoms with E-state index in [0.29, 0.717) is 6.04 Å². The van der Waals surface area contributed by atoms with Crippen LogP contribution in [-0.4, -0.2) is 36.2 Å². The Kier molecular flexibility index (Phi) is 4.40. The van der Waals surface area contributed by atoms with Crippen LogP contribution < -0.4 is 5.32 Å². The highest BCUT2D eigenvalue weighted by atomic mass is 16.3. The molecule has 0 aliphatic carbocycles. The van der Waals surface area contributed by atoms with E-state index in [0.717, 1.165) is 17.8 Å². The minimum atomic E-state index is 0.107. The monoisotopic (exact) mass is 234 g/mol. The van der Waals surface area contributed by atoms with Crippen LogP contribution in [0.5, 0.6) is 0 Å². The molecule has 17 heavy (non-hydrogen) atoms. The zero-order chi connectivity index (χ0) is 12.1. The molecular weight excluding hydrogens is 212 g/mol. The molecule has 0 aromatic heterocycles. The number of nitrogens with zero attached hydrogens (tertiary/aromatic N) is 1. The summed E-state index contributed by atoms with van der Waals surface area (Å²) < 4.78 is 0. The first-order valence-corrected chi connectivity index (χ1v) is 6.43. The Hall–Kier alpha value is -1.06. The predicted molar refractivity (Wildman–Crippen MR) is 71.1 cm³/mol. The minimum Gasteiger partial charge on any atom is -0.392 e. The number of hydrogen-bond donors (Lipinski definition) is 2. The number of anilines is 1. The van der Waals surface area contributed by atoms with Gasteiger partial charge in [0.2, 0.25) is 0 Å². The molecule has 94 valence electrons. The summed E-state index contributed by atoms with van der Waals surface area (Å²) in [6.07, 6.45) is 3.63. The molecular formula is C14H22N2O. The second-order valence-corrected chi connectivity index (χ2v) is 4.89. The number of hydrogen-bond acceptors (Lipinski definition) is 3. The highest BCUT2D eigenvalue weighted by molar-refractivity contribution is 5.51. The Morgan fingerprint density at radius 2 is 2.12 bits per heavy atom. The third-order valence-corrected chi connectivity index (χ3v) is 3.50. The van der Waals surface area contributed by atoms with E-state index in [1.807, 2.05) is 18.2 Å². The average Bonchev–Trinajstić information content (AvgIpc) is 2.55. The Labute approximate surface area is 103 Å². The van der Waals surface area contributed by atoms with Gasteiger partial charge in [0.1, 0.15) is 0 Å². The molecule has 1 unspecified atom stereocenters. The Bertz CT molecular complexity index is 354. The van der Waals surface area contributed by atoms with Gasteiger partial charge in [-0.3, -0.25) is 0 Å². The molecule has 0 spiro atoms. The van der Waals surface area contributed by atoms with Gasteiger partial charge in [-0.2, -0.15) is 0 Å². The molecule has 1 aromatic carbocycles. The maximum Gasteiger partial charge on any atom is 0.0701 e. The van der Waals surface area contributed by atoms with Gasteiger partial charge in [-0.1, -0.05) is 18.2 Å². The highest BCUT2D eigenvalue weighted by Gasteiger charge is 2.15. The number of para-hydroxylation sites is 1. The standard InChI is InChI=1S/C14H22N2O/c1-16-9-4-6-13(8-10-16)15-14-7-3-2-5-12(14)11-17/h2-3,5,7,13,15,17H,4,6,8-11H2,1H3. The zero-order valence-electron chi connectivity index (χ0n) is 10.5. The highest BCUT2D eigenvalue weighted by Crippen LogP contribution is 2.20. The summed E-state index contributed by atoms with van der Waals surface area (Å²) in [4.78, 5) is 2.39. The molecule has 1 fully saturated rings. The van der Waals surface area contributed by atoms with Crippen LogP contribution in [0.4, 0.5) is 5.69 Å². The molecule has 0 amide bonds.